The van der Waals surface area contributed by atoms with Crippen LogP contribution in [-0.4, -0.2) is 47.3 Å². The van der Waals surface area contributed by atoms with E-state index in [2.05, 4.69) is 36.9 Å². The Hall–Kier alpha value is -3.34. The van der Waals surface area contributed by atoms with E-state index in [1.165, 1.54) is 16.8 Å². The van der Waals surface area contributed by atoms with Gasteiger partial charge in [-0.1, -0.05) is 42.5 Å². The number of carbonyl (C=O) groups is 2. The Kier molecular flexibility index (Phi) is 5.33. The fraction of sp³-hybridized carbons (Fsp3) is 0.333. The number of aryl methyl sites for hydroxylation is 2. The van der Waals surface area contributed by atoms with Crippen LogP contribution in [-0.2, 0) is 11.3 Å². The minimum Gasteiger partial charge on any atom is -0.368 e. The van der Waals surface area contributed by atoms with Crippen LogP contribution in [0.3, 0.4) is 0 Å². The topological polar surface area (TPSA) is 45.5 Å². The van der Waals surface area contributed by atoms with E-state index >= 15 is 0 Å². The molecular formula is C27H29N3O2. The summed E-state index contributed by atoms with van der Waals surface area (Å²) in [5, 5.41) is 0. The Bertz CT molecular complexity index is 1160. The Morgan fingerprint density at radius 3 is 2.34 bits per heavy atom. The number of hydrogen-bond acceptors (Lipinski definition) is 3. The molecule has 5 heteroatoms. The summed E-state index contributed by atoms with van der Waals surface area (Å²) in [5.74, 6) is 0.0628. The average Bonchev–Trinajstić information content (AvgIpc) is 3.43. The van der Waals surface area contributed by atoms with Crippen molar-refractivity contribution in [1.82, 2.24) is 9.47 Å². The van der Waals surface area contributed by atoms with E-state index < -0.39 is 0 Å². The number of anilines is 1. The number of ketones is 1. The minimum atomic E-state index is -0.153. The Balaban J connectivity index is 1.28. The molecule has 0 unspecified atom stereocenters. The molecule has 0 spiro atoms. The number of hydrogen-bond donors (Lipinski definition) is 0. The van der Waals surface area contributed by atoms with Gasteiger partial charge in [0, 0.05) is 49.7 Å². The van der Waals surface area contributed by atoms with Crippen molar-refractivity contribution in [2.45, 2.75) is 32.7 Å². The maximum absolute atomic E-state index is 13.4. The van der Waals surface area contributed by atoms with Gasteiger partial charge in [-0.2, -0.15) is 0 Å². The van der Waals surface area contributed by atoms with E-state index in [1.807, 2.05) is 51.9 Å². The van der Waals surface area contributed by atoms with Crippen molar-refractivity contribution in [2.75, 3.05) is 31.1 Å². The molecule has 5 rings (SSSR count). The van der Waals surface area contributed by atoms with E-state index in [0.717, 1.165) is 44.8 Å². The van der Waals surface area contributed by atoms with Crippen molar-refractivity contribution in [2.24, 2.45) is 0 Å². The van der Waals surface area contributed by atoms with Gasteiger partial charge in [-0.3, -0.25) is 9.59 Å². The predicted molar refractivity (Wildman–Crippen MR) is 126 cm³/mol. The molecule has 0 radical (unpaired) electrons. The predicted octanol–water partition coefficient (Wildman–Crippen LogP) is 4.17. The lowest BCUT2D eigenvalue weighted by Crippen LogP contribution is -2.50. The number of fused-ring (bicyclic) bond motifs is 1. The van der Waals surface area contributed by atoms with Gasteiger partial charge in [-0.25, -0.2) is 0 Å². The van der Waals surface area contributed by atoms with Gasteiger partial charge in [0.2, 0.25) is 11.7 Å². The molecule has 0 saturated carbocycles. The molecule has 32 heavy (non-hydrogen) atoms. The lowest BCUT2D eigenvalue weighted by atomic mass is 10.0. The van der Waals surface area contributed by atoms with Gasteiger partial charge >= 0.3 is 0 Å². The first-order valence-electron chi connectivity index (χ1n) is 11.4. The second kappa shape index (κ2) is 8.30. The number of carbonyl (C=O) groups excluding carboxylic acids is 2. The molecule has 0 bridgehead atoms. The lowest BCUT2D eigenvalue weighted by Gasteiger charge is -2.38. The molecule has 1 amide bonds. The third-order valence-electron chi connectivity index (χ3n) is 6.88. The van der Waals surface area contributed by atoms with Crippen LogP contribution in [0.25, 0.3) is 0 Å². The molecular weight excluding hydrogens is 398 g/mol. The zero-order chi connectivity index (χ0) is 22.2. The standard InChI is InChI=1S/C27H29N3O2/c1-19-8-9-20(2)25(18-19)28-14-16-29(17-15-28)27(32)22-12-13-30-23(22)10-11-24(30)26(31)21-6-4-3-5-7-21/h3-11,18,22H,12-17H2,1-2H3/t22-/m0/s1. The van der Waals surface area contributed by atoms with Crippen molar-refractivity contribution in [3.8, 4) is 0 Å². The van der Waals surface area contributed by atoms with Crippen molar-refractivity contribution in [3.05, 3.63) is 88.7 Å². The molecule has 1 saturated heterocycles. The largest absolute Gasteiger partial charge is 0.368 e. The number of rotatable bonds is 4. The average molecular weight is 428 g/mol. The molecule has 5 nitrogen and oxygen atoms in total. The number of aromatic nitrogens is 1. The molecule has 3 aromatic rings. The van der Waals surface area contributed by atoms with Crippen LogP contribution in [0.4, 0.5) is 5.69 Å². The van der Waals surface area contributed by atoms with Crippen LogP contribution in [0.5, 0.6) is 0 Å². The molecule has 2 aliphatic heterocycles. The van der Waals surface area contributed by atoms with Gasteiger partial charge in [0.25, 0.3) is 0 Å². The lowest BCUT2D eigenvalue weighted by molar-refractivity contribution is -0.133. The monoisotopic (exact) mass is 427 g/mol. The second-order valence-electron chi connectivity index (χ2n) is 8.93. The third-order valence-corrected chi connectivity index (χ3v) is 6.88. The highest BCUT2D eigenvalue weighted by Crippen LogP contribution is 2.33. The van der Waals surface area contributed by atoms with Crippen LogP contribution >= 0.6 is 0 Å². The maximum atomic E-state index is 13.4. The quantitative estimate of drug-likeness (QED) is 0.587. The number of nitrogens with zero attached hydrogens (tertiary/aromatic N) is 3. The SMILES string of the molecule is Cc1ccc(C)c(N2CCN(C(=O)[C@H]3CCn4c(C(=O)c5ccccc5)ccc43)CC2)c1. The van der Waals surface area contributed by atoms with Crippen molar-refractivity contribution in [1.29, 1.82) is 0 Å². The zero-order valence-electron chi connectivity index (χ0n) is 18.8. The highest BCUT2D eigenvalue weighted by atomic mass is 16.2. The fourth-order valence-corrected chi connectivity index (χ4v) is 5.08. The third kappa shape index (κ3) is 3.62. The summed E-state index contributed by atoms with van der Waals surface area (Å²) in [4.78, 5) is 30.7. The number of amides is 1. The number of benzene rings is 2. The minimum absolute atomic E-state index is 0.0205. The van der Waals surface area contributed by atoms with E-state index in [4.69, 9.17) is 0 Å². The zero-order valence-corrected chi connectivity index (χ0v) is 18.8. The van der Waals surface area contributed by atoms with Gasteiger partial charge in [-0.15, -0.1) is 0 Å². The summed E-state index contributed by atoms with van der Waals surface area (Å²) in [5.41, 5.74) is 6.16. The van der Waals surface area contributed by atoms with Gasteiger partial charge in [-0.05, 0) is 49.6 Å². The molecule has 0 aliphatic carbocycles. The first-order valence-corrected chi connectivity index (χ1v) is 11.4. The summed E-state index contributed by atoms with van der Waals surface area (Å²) >= 11 is 0. The van der Waals surface area contributed by atoms with Gasteiger partial charge < -0.3 is 14.4 Å². The molecule has 2 aliphatic rings. The summed E-state index contributed by atoms with van der Waals surface area (Å²) in [6, 6.07) is 19.8. The van der Waals surface area contributed by atoms with E-state index in [9.17, 15) is 9.59 Å². The molecule has 0 N–H and O–H groups in total. The fourth-order valence-electron chi connectivity index (χ4n) is 5.08. The number of piperazine rings is 1. The van der Waals surface area contributed by atoms with Gasteiger partial charge in [0.05, 0.1) is 11.6 Å². The van der Waals surface area contributed by atoms with Crippen LogP contribution in [0, 0.1) is 13.8 Å². The normalized spacial score (nSPS) is 18.0. The van der Waals surface area contributed by atoms with Crippen LogP contribution in [0.15, 0.2) is 60.7 Å². The van der Waals surface area contributed by atoms with E-state index in [0.29, 0.717) is 11.3 Å². The maximum Gasteiger partial charge on any atom is 0.231 e. The van der Waals surface area contributed by atoms with Crippen LogP contribution in [0.1, 0.15) is 45.2 Å². The summed E-state index contributed by atoms with van der Waals surface area (Å²) in [7, 11) is 0. The van der Waals surface area contributed by atoms with Crippen LogP contribution in [0.2, 0.25) is 0 Å². The first kappa shape index (κ1) is 20.6. The first-order chi connectivity index (χ1) is 15.5. The van der Waals surface area contributed by atoms with Crippen LogP contribution < -0.4 is 4.90 Å². The Morgan fingerprint density at radius 1 is 0.844 bits per heavy atom. The molecule has 1 atom stereocenters. The molecule has 2 aromatic carbocycles. The van der Waals surface area contributed by atoms with Crippen molar-refractivity contribution < 1.29 is 9.59 Å². The summed E-state index contributed by atoms with van der Waals surface area (Å²) < 4.78 is 2.05. The molecule has 1 aromatic heterocycles. The Labute approximate surface area is 189 Å². The molecule has 1 fully saturated rings. The summed E-state index contributed by atoms with van der Waals surface area (Å²) in [6.07, 6.45) is 0.765. The van der Waals surface area contributed by atoms with E-state index in [-0.39, 0.29) is 17.6 Å². The summed E-state index contributed by atoms with van der Waals surface area (Å²) in [6.45, 7) is 8.15. The van der Waals surface area contributed by atoms with Gasteiger partial charge in [0.1, 0.15) is 0 Å². The van der Waals surface area contributed by atoms with E-state index in [1.54, 1.807) is 0 Å². The molecule has 3 heterocycles. The molecule has 164 valence electrons. The second-order valence-corrected chi connectivity index (χ2v) is 8.93. The van der Waals surface area contributed by atoms with Crippen molar-refractivity contribution >= 4 is 17.4 Å². The Morgan fingerprint density at radius 2 is 1.59 bits per heavy atom. The van der Waals surface area contributed by atoms with Crippen molar-refractivity contribution in [3.63, 3.8) is 0 Å². The smallest absolute Gasteiger partial charge is 0.231 e. The highest BCUT2D eigenvalue weighted by molar-refractivity contribution is 6.08. The highest BCUT2D eigenvalue weighted by Gasteiger charge is 2.35. The van der Waals surface area contributed by atoms with Gasteiger partial charge in [0.15, 0.2) is 0 Å².